The number of methoxy groups -OCH3 is 1. The molecule has 0 unspecified atom stereocenters. The average molecular weight is 455 g/mol. The van der Waals surface area contributed by atoms with Crippen molar-refractivity contribution in [3.8, 4) is 17.2 Å². The fraction of sp³-hybridized carbons (Fsp3) is 0.107. The van der Waals surface area contributed by atoms with Crippen molar-refractivity contribution in [2.24, 2.45) is 0 Å². The molecular formula is C28H22O4S. The molecule has 1 heterocycles. The van der Waals surface area contributed by atoms with Gasteiger partial charge in [-0.05, 0) is 41.5 Å². The number of fused-ring (bicyclic) bond motifs is 3. The molecule has 0 saturated heterocycles. The van der Waals surface area contributed by atoms with Gasteiger partial charge in [-0.1, -0.05) is 66.4 Å². The van der Waals surface area contributed by atoms with E-state index >= 15 is 0 Å². The van der Waals surface area contributed by atoms with Crippen LogP contribution < -0.4 is 14.2 Å². The first-order chi connectivity index (χ1) is 16.2. The summed E-state index contributed by atoms with van der Waals surface area (Å²) in [5, 5.41) is 1.76. The number of ether oxygens (including phenoxy) is 3. The van der Waals surface area contributed by atoms with E-state index in [1.807, 2.05) is 78.9 Å². The summed E-state index contributed by atoms with van der Waals surface area (Å²) in [5.41, 5.74) is 3.01. The first kappa shape index (κ1) is 21.2. The smallest absolute Gasteiger partial charge is 0.308 e. The van der Waals surface area contributed by atoms with Crippen LogP contribution in [-0.4, -0.2) is 19.7 Å². The quantitative estimate of drug-likeness (QED) is 0.247. The van der Waals surface area contributed by atoms with Crippen molar-refractivity contribution in [1.29, 1.82) is 0 Å². The van der Waals surface area contributed by atoms with Crippen LogP contribution in [-0.2, 0) is 4.79 Å². The van der Waals surface area contributed by atoms with Crippen LogP contribution in [0.3, 0.4) is 0 Å². The lowest BCUT2D eigenvalue weighted by atomic mass is 9.92. The molecule has 0 atom stereocenters. The zero-order valence-electron chi connectivity index (χ0n) is 18.3. The summed E-state index contributed by atoms with van der Waals surface area (Å²) in [6, 6.07) is 25.9. The number of benzene rings is 4. The zero-order valence-corrected chi connectivity index (χ0v) is 19.1. The molecular weight excluding hydrogens is 432 g/mol. The van der Waals surface area contributed by atoms with Gasteiger partial charge in [0.05, 0.1) is 12.0 Å². The van der Waals surface area contributed by atoms with Gasteiger partial charge in [0, 0.05) is 28.2 Å². The van der Waals surface area contributed by atoms with Gasteiger partial charge in [0.15, 0.2) is 5.75 Å². The minimum Gasteiger partial charge on any atom is -0.497 e. The molecule has 0 fully saturated rings. The lowest BCUT2D eigenvalue weighted by Crippen LogP contribution is -2.11. The van der Waals surface area contributed by atoms with Gasteiger partial charge in [-0.2, -0.15) is 0 Å². The van der Waals surface area contributed by atoms with E-state index in [4.69, 9.17) is 14.2 Å². The maximum absolute atomic E-state index is 12.2. The van der Waals surface area contributed by atoms with Crippen LogP contribution in [0.5, 0.6) is 17.2 Å². The van der Waals surface area contributed by atoms with Crippen molar-refractivity contribution in [2.45, 2.75) is 16.7 Å². The Kier molecular flexibility index (Phi) is 5.80. The Hall–Kier alpha value is -3.70. The molecule has 4 aromatic rings. The second kappa shape index (κ2) is 9.04. The highest BCUT2D eigenvalue weighted by Crippen LogP contribution is 2.52. The second-order valence-corrected chi connectivity index (χ2v) is 8.66. The van der Waals surface area contributed by atoms with Crippen molar-refractivity contribution >= 4 is 34.1 Å². The van der Waals surface area contributed by atoms with Gasteiger partial charge in [-0.15, -0.1) is 0 Å². The van der Waals surface area contributed by atoms with Gasteiger partial charge in [-0.25, -0.2) is 0 Å². The Morgan fingerprint density at radius 2 is 1.61 bits per heavy atom. The third-order valence-corrected chi connectivity index (χ3v) is 6.57. The molecule has 0 amide bonds. The Bertz CT molecular complexity index is 1360. The SMILES string of the molecule is COc1ccc(C2=CCOc3c2c(Sc2ccccc2)c(OC(C)=O)c2ccccc32)cc1. The van der Waals surface area contributed by atoms with Crippen LogP contribution in [0.15, 0.2) is 94.7 Å². The highest BCUT2D eigenvalue weighted by Gasteiger charge is 2.28. The molecule has 0 spiro atoms. The van der Waals surface area contributed by atoms with Gasteiger partial charge in [0.25, 0.3) is 0 Å². The van der Waals surface area contributed by atoms with Crippen LogP contribution in [0.2, 0.25) is 0 Å². The number of hydrogen-bond donors (Lipinski definition) is 0. The maximum atomic E-state index is 12.2. The molecule has 33 heavy (non-hydrogen) atoms. The summed E-state index contributed by atoms with van der Waals surface area (Å²) in [4.78, 5) is 14.1. The maximum Gasteiger partial charge on any atom is 0.308 e. The average Bonchev–Trinajstić information content (AvgIpc) is 2.86. The molecule has 1 aliphatic rings. The minimum absolute atomic E-state index is 0.360. The van der Waals surface area contributed by atoms with E-state index in [1.165, 1.54) is 6.92 Å². The van der Waals surface area contributed by atoms with Crippen molar-refractivity contribution in [3.05, 3.63) is 96.1 Å². The predicted octanol–water partition coefficient (Wildman–Crippen LogP) is 6.75. The first-order valence-corrected chi connectivity index (χ1v) is 11.4. The summed E-state index contributed by atoms with van der Waals surface area (Å²) in [5.74, 6) is 1.79. The third-order valence-electron chi connectivity index (χ3n) is 5.47. The summed E-state index contributed by atoms with van der Waals surface area (Å²) in [6.45, 7) is 1.89. The summed E-state index contributed by atoms with van der Waals surface area (Å²) >= 11 is 1.57. The van der Waals surface area contributed by atoms with Crippen LogP contribution in [0.25, 0.3) is 16.3 Å². The van der Waals surface area contributed by atoms with Crippen LogP contribution >= 0.6 is 11.8 Å². The fourth-order valence-electron chi connectivity index (χ4n) is 4.04. The normalized spacial score (nSPS) is 12.5. The molecule has 0 aromatic heterocycles. The Morgan fingerprint density at radius 1 is 0.909 bits per heavy atom. The minimum atomic E-state index is -0.360. The molecule has 1 aliphatic heterocycles. The molecule has 4 nitrogen and oxygen atoms in total. The third kappa shape index (κ3) is 4.08. The van der Waals surface area contributed by atoms with E-state index < -0.39 is 0 Å². The Morgan fingerprint density at radius 3 is 2.30 bits per heavy atom. The van der Waals surface area contributed by atoms with Crippen molar-refractivity contribution in [3.63, 3.8) is 0 Å². The van der Waals surface area contributed by atoms with E-state index in [0.717, 1.165) is 48.8 Å². The highest BCUT2D eigenvalue weighted by molar-refractivity contribution is 7.99. The molecule has 0 saturated carbocycles. The number of esters is 1. The lowest BCUT2D eigenvalue weighted by Gasteiger charge is -2.26. The van der Waals surface area contributed by atoms with Crippen molar-refractivity contribution in [1.82, 2.24) is 0 Å². The van der Waals surface area contributed by atoms with Crippen LogP contribution in [0.1, 0.15) is 18.1 Å². The highest BCUT2D eigenvalue weighted by atomic mass is 32.2. The summed E-state index contributed by atoms with van der Waals surface area (Å²) in [6.07, 6.45) is 2.07. The molecule has 0 N–H and O–H groups in total. The lowest BCUT2D eigenvalue weighted by molar-refractivity contribution is -0.131. The van der Waals surface area contributed by atoms with E-state index in [1.54, 1.807) is 18.9 Å². The molecule has 5 heteroatoms. The molecule has 164 valence electrons. The van der Waals surface area contributed by atoms with Gasteiger partial charge in [-0.3, -0.25) is 4.79 Å². The Balaban J connectivity index is 1.81. The van der Waals surface area contributed by atoms with Gasteiger partial charge >= 0.3 is 5.97 Å². The van der Waals surface area contributed by atoms with Gasteiger partial charge < -0.3 is 14.2 Å². The molecule has 0 radical (unpaired) electrons. The standard InChI is InChI=1S/C28H22O4S/c1-18(29)32-27-24-11-7-6-10-23(24)26-25(28(27)33-21-8-4-3-5-9-21)22(16-17-31-26)19-12-14-20(30-2)15-13-19/h3-16H,17H2,1-2H3. The Labute approximate surface area is 196 Å². The summed E-state index contributed by atoms with van der Waals surface area (Å²) < 4.78 is 17.4. The topological polar surface area (TPSA) is 44.8 Å². The van der Waals surface area contributed by atoms with Gasteiger partial charge in [0.2, 0.25) is 0 Å². The second-order valence-electron chi connectivity index (χ2n) is 7.57. The van der Waals surface area contributed by atoms with E-state index in [0.29, 0.717) is 12.4 Å². The molecule has 0 bridgehead atoms. The van der Waals surface area contributed by atoms with E-state index in [2.05, 4.69) is 6.08 Å². The van der Waals surface area contributed by atoms with Crippen molar-refractivity contribution in [2.75, 3.05) is 13.7 Å². The van der Waals surface area contributed by atoms with Crippen molar-refractivity contribution < 1.29 is 19.0 Å². The monoisotopic (exact) mass is 454 g/mol. The molecule has 5 rings (SSSR count). The van der Waals surface area contributed by atoms with Crippen LogP contribution in [0, 0.1) is 0 Å². The zero-order chi connectivity index (χ0) is 22.8. The fourth-order valence-corrected chi connectivity index (χ4v) is 5.12. The molecule has 4 aromatic carbocycles. The number of rotatable bonds is 5. The number of hydrogen-bond acceptors (Lipinski definition) is 5. The van der Waals surface area contributed by atoms with E-state index in [-0.39, 0.29) is 5.97 Å². The number of carbonyl (C=O) groups is 1. The number of carbonyl (C=O) groups excluding carboxylic acids is 1. The van der Waals surface area contributed by atoms with E-state index in [9.17, 15) is 4.79 Å². The van der Waals surface area contributed by atoms with Crippen LogP contribution in [0.4, 0.5) is 0 Å². The summed E-state index contributed by atoms with van der Waals surface area (Å²) in [7, 11) is 1.66. The van der Waals surface area contributed by atoms with Gasteiger partial charge in [0.1, 0.15) is 18.1 Å². The predicted molar refractivity (Wildman–Crippen MR) is 131 cm³/mol. The largest absolute Gasteiger partial charge is 0.497 e. The first-order valence-electron chi connectivity index (χ1n) is 10.6. The molecule has 0 aliphatic carbocycles.